The summed E-state index contributed by atoms with van der Waals surface area (Å²) in [6.45, 7) is 0. The molecule has 18 heavy (non-hydrogen) atoms. The van der Waals surface area contributed by atoms with Gasteiger partial charge in [-0.15, -0.1) is 10.2 Å². The van der Waals surface area contributed by atoms with Crippen LogP contribution in [0.15, 0.2) is 54.6 Å². The lowest BCUT2D eigenvalue weighted by Crippen LogP contribution is -1.78. The third-order valence-electron chi connectivity index (χ3n) is 2.52. The summed E-state index contributed by atoms with van der Waals surface area (Å²) in [5.74, 6) is -0.260. The number of benzene rings is 2. The first-order chi connectivity index (χ1) is 8.83. The van der Waals surface area contributed by atoms with Gasteiger partial charge in [0.2, 0.25) is 0 Å². The summed E-state index contributed by atoms with van der Waals surface area (Å²) in [4.78, 5) is 0. The van der Waals surface area contributed by atoms with Crippen molar-refractivity contribution in [3.63, 3.8) is 0 Å². The van der Waals surface area contributed by atoms with Gasteiger partial charge in [0.1, 0.15) is 15.8 Å². The molecule has 3 rings (SSSR count). The van der Waals surface area contributed by atoms with Crippen molar-refractivity contribution in [3.8, 4) is 21.1 Å². The van der Waals surface area contributed by atoms with Crippen molar-refractivity contribution in [3.05, 3.63) is 60.4 Å². The summed E-state index contributed by atoms with van der Waals surface area (Å²) in [6.07, 6.45) is 0. The van der Waals surface area contributed by atoms with Crippen LogP contribution < -0.4 is 0 Å². The van der Waals surface area contributed by atoms with Crippen LogP contribution in [0.5, 0.6) is 0 Å². The van der Waals surface area contributed by atoms with E-state index in [4.69, 9.17) is 0 Å². The summed E-state index contributed by atoms with van der Waals surface area (Å²) in [5.41, 5.74) is 1.78. The Bertz CT molecular complexity index is 664. The van der Waals surface area contributed by atoms with E-state index in [2.05, 4.69) is 10.2 Å². The number of hydrogen-bond acceptors (Lipinski definition) is 3. The van der Waals surface area contributed by atoms with Crippen LogP contribution in [0.4, 0.5) is 4.39 Å². The molecule has 4 heteroatoms. The standard InChI is InChI=1S/C14H9FN2S/c15-12-8-4-7-11(9-12)14-17-16-13(18-14)10-5-2-1-3-6-10/h1-9H. The highest BCUT2D eigenvalue weighted by Gasteiger charge is 2.08. The smallest absolute Gasteiger partial charge is 0.148 e. The number of nitrogens with zero attached hydrogens (tertiary/aromatic N) is 2. The first kappa shape index (κ1) is 11.0. The Morgan fingerprint density at radius 2 is 1.44 bits per heavy atom. The molecule has 88 valence electrons. The van der Waals surface area contributed by atoms with Gasteiger partial charge in [0, 0.05) is 11.1 Å². The minimum absolute atomic E-state index is 0.260. The fourth-order valence-corrected chi connectivity index (χ4v) is 2.50. The summed E-state index contributed by atoms with van der Waals surface area (Å²) < 4.78 is 13.1. The van der Waals surface area contributed by atoms with Crippen molar-refractivity contribution < 1.29 is 4.39 Å². The molecule has 0 saturated carbocycles. The topological polar surface area (TPSA) is 25.8 Å². The summed E-state index contributed by atoms with van der Waals surface area (Å²) in [7, 11) is 0. The number of halogens is 1. The average molecular weight is 256 g/mol. The molecule has 0 aliphatic heterocycles. The van der Waals surface area contributed by atoms with E-state index >= 15 is 0 Å². The molecule has 0 amide bonds. The summed E-state index contributed by atoms with van der Waals surface area (Å²) in [6, 6.07) is 16.2. The third kappa shape index (κ3) is 2.15. The van der Waals surface area contributed by atoms with Gasteiger partial charge in [-0.05, 0) is 12.1 Å². The zero-order chi connectivity index (χ0) is 12.4. The molecule has 3 aromatic rings. The molecule has 1 aromatic heterocycles. The molecule has 0 radical (unpaired) electrons. The lowest BCUT2D eigenvalue weighted by atomic mass is 10.2. The third-order valence-corrected chi connectivity index (χ3v) is 3.54. The van der Waals surface area contributed by atoms with Crippen molar-refractivity contribution in [2.75, 3.05) is 0 Å². The van der Waals surface area contributed by atoms with E-state index in [0.717, 1.165) is 21.1 Å². The number of hydrogen-bond donors (Lipinski definition) is 0. The van der Waals surface area contributed by atoms with Gasteiger partial charge in [-0.25, -0.2) is 4.39 Å². The van der Waals surface area contributed by atoms with Crippen LogP contribution in [0.25, 0.3) is 21.1 Å². The van der Waals surface area contributed by atoms with Gasteiger partial charge < -0.3 is 0 Å². The quantitative estimate of drug-likeness (QED) is 0.692. The molecular weight excluding hydrogens is 247 g/mol. The normalized spacial score (nSPS) is 10.5. The van der Waals surface area contributed by atoms with E-state index < -0.39 is 0 Å². The summed E-state index contributed by atoms with van der Waals surface area (Å²) >= 11 is 1.46. The van der Waals surface area contributed by atoms with Crippen molar-refractivity contribution in [1.82, 2.24) is 10.2 Å². The minimum Gasteiger partial charge on any atom is -0.207 e. The zero-order valence-corrected chi connectivity index (χ0v) is 10.2. The molecule has 0 saturated heterocycles. The largest absolute Gasteiger partial charge is 0.207 e. The maximum absolute atomic E-state index is 13.1. The Kier molecular flexibility index (Phi) is 2.86. The van der Waals surface area contributed by atoms with Gasteiger partial charge in [-0.1, -0.05) is 53.8 Å². The molecule has 2 aromatic carbocycles. The zero-order valence-electron chi connectivity index (χ0n) is 9.38. The summed E-state index contributed by atoms with van der Waals surface area (Å²) in [5, 5.41) is 9.82. The van der Waals surface area contributed by atoms with Gasteiger partial charge in [0.25, 0.3) is 0 Å². The molecule has 0 unspecified atom stereocenters. The van der Waals surface area contributed by atoms with Gasteiger partial charge >= 0.3 is 0 Å². The Morgan fingerprint density at radius 3 is 2.17 bits per heavy atom. The van der Waals surface area contributed by atoms with Crippen molar-refractivity contribution in [1.29, 1.82) is 0 Å². The van der Waals surface area contributed by atoms with E-state index in [1.54, 1.807) is 6.07 Å². The molecule has 0 aliphatic carbocycles. The Hall–Kier alpha value is -2.07. The van der Waals surface area contributed by atoms with E-state index in [1.165, 1.54) is 23.5 Å². The van der Waals surface area contributed by atoms with Crippen LogP contribution in [-0.2, 0) is 0 Å². The molecule has 2 nitrogen and oxygen atoms in total. The Morgan fingerprint density at radius 1 is 0.778 bits per heavy atom. The Labute approximate surface area is 108 Å². The lowest BCUT2D eigenvalue weighted by Gasteiger charge is -1.94. The molecule has 0 spiro atoms. The molecule has 0 fully saturated rings. The van der Waals surface area contributed by atoms with E-state index in [0.29, 0.717) is 0 Å². The van der Waals surface area contributed by atoms with Crippen LogP contribution in [0, 0.1) is 5.82 Å². The lowest BCUT2D eigenvalue weighted by molar-refractivity contribution is 0.628. The Balaban J connectivity index is 2.00. The molecule has 0 aliphatic rings. The van der Waals surface area contributed by atoms with Crippen molar-refractivity contribution in [2.45, 2.75) is 0 Å². The van der Waals surface area contributed by atoms with Gasteiger partial charge in [0.15, 0.2) is 0 Å². The highest BCUT2D eigenvalue weighted by Crippen LogP contribution is 2.29. The highest BCUT2D eigenvalue weighted by atomic mass is 32.1. The number of aromatic nitrogens is 2. The monoisotopic (exact) mass is 256 g/mol. The van der Waals surface area contributed by atoms with Gasteiger partial charge in [0.05, 0.1) is 0 Å². The maximum Gasteiger partial charge on any atom is 0.148 e. The fraction of sp³-hybridized carbons (Fsp3) is 0. The average Bonchev–Trinajstić information content (AvgIpc) is 2.89. The highest BCUT2D eigenvalue weighted by molar-refractivity contribution is 7.17. The van der Waals surface area contributed by atoms with Crippen LogP contribution in [0.3, 0.4) is 0 Å². The second-order valence-corrected chi connectivity index (χ2v) is 4.77. The van der Waals surface area contributed by atoms with Crippen LogP contribution in [0.1, 0.15) is 0 Å². The van der Waals surface area contributed by atoms with Gasteiger partial charge in [-0.2, -0.15) is 0 Å². The second-order valence-electron chi connectivity index (χ2n) is 3.79. The van der Waals surface area contributed by atoms with Gasteiger partial charge in [-0.3, -0.25) is 0 Å². The first-order valence-corrected chi connectivity index (χ1v) is 6.29. The number of rotatable bonds is 2. The van der Waals surface area contributed by atoms with E-state index in [-0.39, 0.29) is 5.82 Å². The van der Waals surface area contributed by atoms with E-state index in [9.17, 15) is 4.39 Å². The SMILES string of the molecule is Fc1cccc(-c2nnc(-c3ccccc3)s2)c1. The molecule has 0 N–H and O–H groups in total. The predicted octanol–water partition coefficient (Wildman–Crippen LogP) is 4.01. The molecule has 0 atom stereocenters. The molecule has 0 bridgehead atoms. The van der Waals surface area contributed by atoms with Crippen molar-refractivity contribution >= 4 is 11.3 Å². The van der Waals surface area contributed by atoms with Crippen LogP contribution >= 0.6 is 11.3 Å². The van der Waals surface area contributed by atoms with Crippen LogP contribution in [0.2, 0.25) is 0 Å². The maximum atomic E-state index is 13.1. The van der Waals surface area contributed by atoms with E-state index in [1.807, 2.05) is 36.4 Å². The molecular formula is C14H9FN2S. The second kappa shape index (κ2) is 4.66. The fourth-order valence-electron chi connectivity index (χ4n) is 1.66. The first-order valence-electron chi connectivity index (χ1n) is 5.48. The minimum atomic E-state index is -0.260. The van der Waals surface area contributed by atoms with Crippen molar-refractivity contribution in [2.24, 2.45) is 0 Å². The van der Waals surface area contributed by atoms with Crippen LogP contribution in [-0.4, -0.2) is 10.2 Å². The predicted molar refractivity (Wildman–Crippen MR) is 70.7 cm³/mol. The molecule has 1 heterocycles.